The Kier molecular flexibility index (Phi) is 1.24. The zero-order valence-corrected chi connectivity index (χ0v) is 6.10. The van der Waals surface area contributed by atoms with E-state index in [1.165, 1.54) is 5.69 Å². The summed E-state index contributed by atoms with van der Waals surface area (Å²) in [4.78, 5) is 0. The molecule has 1 heterocycles. The van der Waals surface area contributed by atoms with Crippen molar-refractivity contribution >= 4 is 5.69 Å². The lowest BCUT2D eigenvalue weighted by molar-refractivity contribution is 0.845. The molecular formula is C7H12N2. The van der Waals surface area contributed by atoms with Crippen LogP contribution in [0.1, 0.15) is 11.4 Å². The van der Waals surface area contributed by atoms with E-state index in [0.29, 0.717) is 0 Å². The van der Waals surface area contributed by atoms with Gasteiger partial charge in [-0.25, -0.2) is 0 Å². The maximum absolute atomic E-state index is 5.62. The number of nitrogens with zero attached hydrogens (tertiary/aromatic N) is 1. The molecule has 0 aliphatic carbocycles. The van der Waals surface area contributed by atoms with Gasteiger partial charge >= 0.3 is 0 Å². The van der Waals surface area contributed by atoms with Crippen LogP contribution < -0.4 is 5.73 Å². The minimum absolute atomic E-state index is 0.884. The highest BCUT2D eigenvalue weighted by atomic mass is 15.0. The monoisotopic (exact) mass is 124 g/mol. The molecule has 0 unspecified atom stereocenters. The van der Waals surface area contributed by atoms with Crippen molar-refractivity contribution < 1.29 is 0 Å². The number of anilines is 1. The van der Waals surface area contributed by atoms with E-state index in [4.69, 9.17) is 5.73 Å². The Balaban J connectivity index is 3.29. The summed E-state index contributed by atoms with van der Waals surface area (Å²) in [5.41, 5.74) is 8.86. The third-order valence-electron chi connectivity index (χ3n) is 1.81. The van der Waals surface area contributed by atoms with Gasteiger partial charge in [-0.3, -0.25) is 0 Å². The largest absolute Gasteiger partial charge is 0.397 e. The standard InChI is InChI=1S/C7H12N2/c1-5-4-7(8)6(2)9(5)3/h4H,8H2,1-3H3. The van der Waals surface area contributed by atoms with Crippen LogP contribution in [0.4, 0.5) is 5.69 Å². The first kappa shape index (κ1) is 6.20. The fourth-order valence-electron chi connectivity index (χ4n) is 0.884. The SMILES string of the molecule is Cc1cc(N)c(C)n1C. The van der Waals surface area contributed by atoms with Crippen molar-refractivity contribution in [3.05, 3.63) is 17.5 Å². The average Bonchev–Trinajstić information content (AvgIpc) is 1.98. The second-order valence-corrected chi connectivity index (χ2v) is 2.39. The number of hydrogen-bond acceptors (Lipinski definition) is 1. The predicted molar refractivity (Wildman–Crippen MR) is 39.3 cm³/mol. The summed E-state index contributed by atoms with van der Waals surface area (Å²) in [5.74, 6) is 0. The summed E-state index contributed by atoms with van der Waals surface area (Å²) in [6, 6.07) is 1.98. The summed E-state index contributed by atoms with van der Waals surface area (Å²) >= 11 is 0. The smallest absolute Gasteiger partial charge is 0.0526 e. The maximum atomic E-state index is 5.62. The lowest BCUT2D eigenvalue weighted by atomic mass is 10.4. The molecule has 9 heavy (non-hydrogen) atoms. The van der Waals surface area contributed by atoms with Crippen molar-refractivity contribution in [1.82, 2.24) is 4.57 Å². The van der Waals surface area contributed by atoms with Crippen LogP contribution in [0, 0.1) is 13.8 Å². The van der Waals surface area contributed by atoms with Gasteiger partial charge < -0.3 is 10.3 Å². The molecule has 1 aromatic heterocycles. The fraction of sp³-hybridized carbons (Fsp3) is 0.429. The van der Waals surface area contributed by atoms with Gasteiger partial charge in [-0.05, 0) is 19.9 Å². The van der Waals surface area contributed by atoms with Crippen molar-refractivity contribution in [2.24, 2.45) is 7.05 Å². The second kappa shape index (κ2) is 1.79. The van der Waals surface area contributed by atoms with Crippen LogP contribution in [-0.4, -0.2) is 4.57 Å². The predicted octanol–water partition coefficient (Wildman–Crippen LogP) is 1.22. The molecular weight excluding hydrogens is 112 g/mol. The molecule has 1 aromatic rings. The minimum atomic E-state index is 0.884. The Bertz CT molecular complexity index is 201. The lowest BCUT2D eigenvalue weighted by Crippen LogP contribution is -1.93. The Morgan fingerprint density at radius 1 is 1.44 bits per heavy atom. The van der Waals surface area contributed by atoms with E-state index in [9.17, 15) is 0 Å². The number of aryl methyl sites for hydroxylation is 1. The number of nitrogens with two attached hydrogens (primary N) is 1. The number of nitrogen functional groups attached to an aromatic ring is 1. The van der Waals surface area contributed by atoms with Gasteiger partial charge in [0.05, 0.1) is 5.69 Å². The molecule has 0 aliphatic heterocycles. The maximum Gasteiger partial charge on any atom is 0.0526 e. The number of aromatic nitrogens is 1. The van der Waals surface area contributed by atoms with Crippen LogP contribution in [0.2, 0.25) is 0 Å². The van der Waals surface area contributed by atoms with Crippen LogP contribution in [0.25, 0.3) is 0 Å². The van der Waals surface area contributed by atoms with Gasteiger partial charge in [0.2, 0.25) is 0 Å². The zero-order chi connectivity index (χ0) is 7.02. The first-order chi connectivity index (χ1) is 4.13. The molecule has 0 atom stereocenters. The first-order valence-corrected chi connectivity index (χ1v) is 3.01. The highest BCUT2D eigenvalue weighted by molar-refractivity contribution is 5.45. The highest BCUT2D eigenvalue weighted by Gasteiger charge is 1.99. The third kappa shape index (κ3) is 0.803. The Morgan fingerprint density at radius 2 is 2.00 bits per heavy atom. The van der Waals surface area contributed by atoms with E-state index in [-0.39, 0.29) is 0 Å². The summed E-state index contributed by atoms with van der Waals surface area (Å²) in [7, 11) is 2.01. The van der Waals surface area contributed by atoms with E-state index < -0.39 is 0 Å². The molecule has 2 nitrogen and oxygen atoms in total. The Labute approximate surface area is 55.3 Å². The molecule has 0 amide bonds. The van der Waals surface area contributed by atoms with Gasteiger partial charge in [0.25, 0.3) is 0 Å². The molecule has 0 fully saturated rings. The molecule has 1 rings (SSSR count). The van der Waals surface area contributed by atoms with E-state index in [2.05, 4.69) is 4.57 Å². The van der Waals surface area contributed by atoms with Gasteiger partial charge in [0, 0.05) is 18.4 Å². The van der Waals surface area contributed by atoms with E-state index in [0.717, 1.165) is 11.4 Å². The molecule has 0 saturated heterocycles. The molecule has 2 N–H and O–H groups in total. The van der Waals surface area contributed by atoms with E-state index >= 15 is 0 Å². The molecule has 0 aliphatic rings. The van der Waals surface area contributed by atoms with Crippen LogP contribution in [0.15, 0.2) is 6.07 Å². The lowest BCUT2D eigenvalue weighted by Gasteiger charge is -1.97. The van der Waals surface area contributed by atoms with Crippen molar-refractivity contribution in [2.45, 2.75) is 13.8 Å². The van der Waals surface area contributed by atoms with Crippen molar-refractivity contribution in [3.8, 4) is 0 Å². The van der Waals surface area contributed by atoms with Crippen LogP contribution in [0.3, 0.4) is 0 Å². The van der Waals surface area contributed by atoms with Gasteiger partial charge in [-0.2, -0.15) is 0 Å². The van der Waals surface area contributed by atoms with E-state index in [1.54, 1.807) is 0 Å². The molecule has 0 aromatic carbocycles. The summed E-state index contributed by atoms with van der Waals surface area (Å²) in [6.07, 6.45) is 0. The summed E-state index contributed by atoms with van der Waals surface area (Å²) < 4.78 is 2.08. The van der Waals surface area contributed by atoms with Gasteiger partial charge in [-0.1, -0.05) is 0 Å². The number of hydrogen-bond donors (Lipinski definition) is 1. The quantitative estimate of drug-likeness (QED) is 0.554. The third-order valence-corrected chi connectivity index (χ3v) is 1.81. The normalized spacial score (nSPS) is 10.1. The molecule has 0 radical (unpaired) electrons. The van der Waals surface area contributed by atoms with Gasteiger partial charge in [-0.15, -0.1) is 0 Å². The van der Waals surface area contributed by atoms with Crippen molar-refractivity contribution in [2.75, 3.05) is 5.73 Å². The molecule has 2 heteroatoms. The van der Waals surface area contributed by atoms with Crippen LogP contribution >= 0.6 is 0 Å². The topological polar surface area (TPSA) is 30.9 Å². The van der Waals surface area contributed by atoms with E-state index in [1.807, 2.05) is 27.0 Å². The Morgan fingerprint density at radius 3 is 2.11 bits per heavy atom. The molecule has 0 bridgehead atoms. The van der Waals surface area contributed by atoms with Gasteiger partial charge in [0.1, 0.15) is 0 Å². The molecule has 0 saturated carbocycles. The second-order valence-electron chi connectivity index (χ2n) is 2.39. The van der Waals surface area contributed by atoms with Crippen LogP contribution in [-0.2, 0) is 7.05 Å². The minimum Gasteiger partial charge on any atom is -0.397 e. The first-order valence-electron chi connectivity index (χ1n) is 3.01. The van der Waals surface area contributed by atoms with Crippen LogP contribution in [0.5, 0.6) is 0 Å². The Hall–Kier alpha value is -0.920. The highest BCUT2D eigenvalue weighted by Crippen LogP contribution is 2.13. The van der Waals surface area contributed by atoms with Gasteiger partial charge in [0.15, 0.2) is 0 Å². The van der Waals surface area contributed by atoms with Crippen molar-refractivity contribution in [1.29, 1.82) is 0 Å². The summed E-state index contributed by atoms with van der Waals surface area (Å²) in [6.45, 7) is 4.06. The fourth-order valence-corrected chi connectivity index (χ4v) is 0.884. The van der Waals surface area contributed by atoms with Crippen molar-refractivity contribution in [3.63, 3.8) is 0 Å². The summed E-state index contributed by atoms with van der Waals surface area (Å²) in [5, 5.41) is 0. The number of rotatable bonds is 0. The zero-order valence-electron chi connectivity index (χ0n) is 6.10. The average molecular weight is 124 g/mol. The molecule has 50 valence electrons. The molecule has 0 spiro atoms.